The van der Waals surface area contributed by atoms with Crippen LogP contribution in [0.25, 0.3) is 15.4 Å². The zero-order valence-electron chi connectivity index (χ0n) is 13.1. The predicted molar refractivity (Wildman–Crippen MR) is 88.9 cm³/mol. The molecule has 1 aromatic heterocycles. The van der Waals surface area contributed by atoms with Gasteiger partial charge < -0.3 is 4.74 Å². The number of thiazole rings is 1. The van der Waals surface area contributed by atoms with E-state index in [4.69, 9.17) is 11.3 Å². The molecular formula is C17H18N2O2S. The number of benzene rings is 1. The minimum absolute atomic E-state index is 0.0172. The first-order chi connectivity index (χ1) is 10.4. The highest BCUT2D eigenvalue weighted by Gasteiger charge is 2.14. The zero-order chi connectivity index (χ0) is 16.3. The minimum Gasteiger partial charge on any atom is -0.504 e. The molecule has 0 spiro atoms. The van der Waals surface area contributed by atoms with Crippen molar-refractivity contribution in [2.24, 2.45) is 5.92 Å². The van der Waals surface area contributed by atoms with Crippen LogP contribution in [0, 0.1) is 19.4 Å². The molecule has 1 heterocycles. The summed E-state index contributed by atoms with van der Waals surface area (Å²) < 4.78 is 5.66. The largest absolute Gasteiger partial charge is 0.504 e. The van der Waals surface area contributed by atoms with Crippen LogP contribution in [0.2, 0.25) is 0 Å². The minimum atomic E-state index is 0.0172. The molecule has 0 unspecified atom stereocenters. The van der Waals surface area contributed by atoms with Crippen molar-refractivity contribution in [3.8, 4) is 16.3 Å². The van der Waals surface area contributed by atoms with E-state index in [-0.39, 0.29) is 5.78 Å². The van der Waals surface area contributed by atoms with Gasteiger partial charge in [-0.1, -0.05) is 19.9 Å². The molecule has 0 saturated heterocycles. The van der Waals surface area contributed by atoms with Crippen molar-refractivity contribution in [1.29, 1.82) is 0 Å². The van der Waals surface area contributed by atoms with Crippen LogP contribution < -0.4 is 4.74 Å². The normalized spacial score (nSPS) is 10.5. The third-order valence-electron chi connectivity index (χ3n) is 3.01. The number of hydrogen-bond acceptors (Lipinski definition) is 4. The first-order valence-electron chi connectivity index (χ1n) is 7.05. The molecule has 22 heavy (non-hydrogen) atoms. The highest BCUT2D eigenvalue weighted by atomic mass is 32.1. The number of aromatic nitrogens is 1. The second-order valence-corrected chi connectivity index (χ2v) is 6.49. The van der Waals surface area contributed by atoms with Crippen LogP contribution in [0.3, 0.4) is 0 Å². The van der Waals surface area contributed by atoms with Gasteiger partial charge in [0.05, 0.1) is 23.8 Å². The lowest BCUT2D eigenvalue weighted by molar-refractivity contribution is 0.102. The summed E-state index contributed by atoms with van der Waals surface area (Å²) in [5.74, 6) is 1.01. The van der Waals surface area contributed by atoms with Gasteiger partial charge in [-0.25, -0.2) is 9.83 Å². The Labute approximate surface area is 134 Å². The van der Waals surface area contributed by atoms with Crippen molar-refractivity contribution >= 4 is 22.8 Å². The van der Waals surface area contributed by atoms with Crippen LogP contribution in [0.4, 0.5) is 5.69 Å². The Morgan fingerprint density at radius 2 is 2.18 bits per heavy atom. The molecule has 0 saturated carbocycles. The molecule has 0 bridgehead atoms. The van der Waals surface area contributed by atoms with Gasteiger partial charge in [-0.05, 0) is 25.0 Å². The molecule has 0 aliphatic carbocycles. The Hall–Kier alpha value is -2.19. The Kier molecular flexibility index (Phi) is 4.94. The van der Waals surface area contributed by atoms with E-state index >= 15 is 0 Å². The fraction of sp³-hybridized carbons (Fsp3) is 0.353. The summed E-state index contributed by atoms with van der Waals surface area (Å²) in [7, 11) is 0. The van der Waals surface area contributed by atoms with Gasteiger partial charge in [-0.2, -0.15) is 0 Å². The van der Waals surface area contributed by atoms with E-state index in [2.05, 4.69) is 23.7 Å². The molecule has 4 nitrogen and oxygen atoms in total. The Bertz CT molecular complexity index is 742. The van der Waals surface area contributed by atoms with E-state index in [1.54, 1.807) is 12.1 Å². The predicted octanol–water partition coefficient (Wildman–Crippen LogP) is 4.91. The van der Waals surface area contributed by atoms with Crippen LogP contribution in [0.1, 0.15) is 36.1 Å². The SMILES string of the molecule is [C-]#[N+]c1cc(-c2nc(C)c(C(C)=O)s2)ccc1OCC(C)C. The van der Waals surface area contributed by atoms with Crippen molar-refractivity contribution in [2.75, 3.05) is 6.61 Å². The molecule has 1 aromatic carbocycles. The van der Waals surface area contributed by atoms with Gasteiger partial charge >= 0.3 is 0 Å². The lowest BCUT2D eigenvalue weighted by atomic mass is 10.2. The molecule has 2 rings (SSSR count). The molecule has 0 radical (unpaired) electrons. The maximum atomic E-state index is 11.5. The molecular weight excluding hydrogens is 296 g/mol. The van der Waals surface area contributed by atoms with Gasteiger partial charge in [0.15, 0.2) is 5.78 Å². The molecule has 5 heteroatoms. The lowest BCUT2D eigenvalue weighted by Gasteiger charge is -2.10. The lowest BCUT2D eigenvalue weighted by Crippen LogP contribution is -2.04. The average molecular weight is 314 g/mol. The Morgan fingerprint density at radius 3 is 2.73 bits per heavy atom. The quantitative estimate of drug-likeness (QED) is 0.582. The number of nitrogens with zero attached hydrogens (tertiary/aromatic N) is 2. The molecule has 0 atom stereocenters. The standard InChI is InChI=1S/C17H18N2O2S/c1-10(2)9-21-15-7-6-13(8-14(15)18-5)17-19-11(3)16(22-17)12(4)20/h6-8,10H,9H2,1-4H3. The highest BCUT2D eigenvalue weighted by molar-refractivity contribution is 7.17. The van der Waals surface area contributed by atoms with Crippen molar-refractivity contribution in [3.63, 3.8) is 0 Å². The molecule has 2 aromatic rings. The van der Waals surface area contributed by atoms with Crippen molar-refractivity contribution in [3.05, 3.63) is 40.2 Å². The Balaban J connectivity index is 2.35. The van der Waals surface area contributed by atoms with E-state index in [9.17, 15) is 4.79 Å². The number of ether oxygens (including phenoxy) is 1. The van der Waals surface area contributed by atoms with E-state index in [0.29, 0.717) is 28.8 Å². The fourth-order valence-electron chi connectivity index (χ4n) is 1.96. The molecule has 0 aliphatic rings. The zero-order valence-corrected chi connectivity index (χ0v) is 14.0. The van der Waals surface area contributed by atoms with Gasteiger partial charge in [0.2, 0.25) is 5.69 Å². The van der Waals surface area contributed by atoms with Crippen LogP contribution in [-0.4, -0.2) is 17.4 Å². The number of Topliss-reactive ketones (excluding diaryl/α,β-unsaturated/α-hetero) is 1. The van der Waals surface area contributed by atoms with Crippen LogP contribution in [0.15, 0.2) is 18.2 Å². The number of carbonyl (C=O) groups is 1. The summed E-state index contributed by atoms with van der Waals surface area (Å²) in [6, 6.07) is 5.45. The number of carbonyl (C=O) groups excluding carboxylic acids is 1. The monoisotopic (exact) mass is 314 g/mol. The van der Waals surface area contributed by atoms with Gasteiger partial charge in [-0.3, -0.25) is 4.79 Å². The summed E-state index contributed by atoms with van der Waals surface area (Å²) in [6.07, 6.45) is 0. The molecule has 114 valence electrons. The maximum absolute atomic E-state index is 11.5. The van der Waals surface area contributed by atoms with Crippen LogP contribution in [0.5, 0.6) is 5.75 Å². The molecule has 0 fully saturated rings. The molecule has 0 aliphatic heterocycles. The number of hydrogen-bond donors (Lipinski definition) is 0. The van der Waals surface area contributed by atoms with Gasteiger partial charge in [0, 0.05) is 12.5 Å². The third-order valence-corrected chi connectivity index (χ3v) is 4.32. The summed E-state index contributed by atoms with van der Waals surface area (Å²) in [5, 5.41) is 0.753. The van der Waals surface area contributed by atoms with E-state index in [1.807, 2.05) is 13.0 Å². The second kappa shape index (κ2) is 6.71. The first kappa shape index (κ1) is 16.2. The number of rotatable bonds is 5. The first-order valence-corrected chi connectivity index (χ1v) is 7.87. The summed E-state index contributed by atoms with van der Waals surface area (Å²) >= 11 is 1.36. The maximum Gasteiger partial charge on any atom is 0.228 e. The van der Waals surface area contributed by atoms with E-state index in [0.717, 1.165) is 16.3 Å². The van der Waals surface area contributed by atoms with Crippen molar-refractivity contribution in [1.82, 2.24) is 4.98 Å². The van der Waals surface area contributed by atoms with Crippen LogP contribution in [-0.2, 0) is 0 Å². The van der Waals surface area contributed by atoms with E-state index < -0.39 is 0 Å². The highest BCUT2D eigenvalue weighted by Crippen LogP contribution is 2.35. The van der Waals surface area contributed by atoms with Crippen LogP contribution >= 0.6 is 11.3 Å². The van der Waals surface area contributed by atoms with Gasteiger partial charge in [-0.15, -0.1) is 11.3 Å². The second-order valence-electron chi connectivity index (χ2n) is 5.49. The smallest absolute Gasteiger partial charge is 0.228 e. The number of ketones is 1. The average Bonchev–Trinajstić information content (AvgIpc) is 2.87. The summed E-state index contributed by atoms with van der Waals surface area (Å²) in [5.41, 5.74) is 2.04. The van der Waals surface area contributed by atoms with Gasteiger partial charge in [0.1, 0.15) is 10.8 Å². The van der Waals surface area contributed by atoms with Crippen molar-refractivity contribution in [2.45, 2.75) is 27.7 Å². The number of aryl methyl sites for hydroxylation is 1. The van der Waals surface area contributed by atoms with Crippen molar-refractivity contribution < 1.29 is 9.53 Å². The Morgan fingerprint density at radius 1 is 1.45 bits per heavy atom. The molecule has 0 N–H and O–H groups in total. The summed E-state index contributed by atoms with van der Waals surface area (Å²) in [4.78, 5) is 20.2. The third kappa shape index (κ3) is 3.52. The molecule has 0 amide bonds. The van der Waals surface area contributed by atoms with E-state index in [1.165, 1.54) is 18.3 Å². The fourth-order valence-corrected chi connectivity index (χ4v) is 2.92. The topological polar surface area (TPSA) is 43.5 Å². The van der Waals surface area contributed by atoms with Gasteiger partial charge in [0.25, 0.3) is 0 Å². The summed E-state index contributed by atoms with van der Waals surface area (Å²) in [6.45, 7) is 15.4.